The Balaban J connectivity index is 2.24. The highest BCUT2D eigenvalue weighted by Gasteiger charge is 2.48. The number of hydrogen-bond donors (Lipinski definition) is 0. The highest BCUT2D eigenvalue weighted by Crippen LogP contribution is 2.39. The summed E-state index contributed by atoms with van der Waals surface area (Å²) in [6.07, 6.45) is 2.44. The molecule has 0 radical (unpaired) electrons. The van der Waals surface area contributed by atoms with Gasteiger partial charge >= 0.3 is 5.97 Å². The Labute approximate surface area is 88.0 Å². The van der Waals surface area contributed by atoms with E-state index in [1.165, 1.54) is 7.11 Å². The number of carbonyl (C=O) groups is 3. The third-order valence-electron chi connectivity index (χ3n) is 3.52. The Morgan fingerprint density at radius 1 is 1.33 bits per heavy atom. The third-order valence-corrected chi connectivity index (χ3v) is 3.52. The van der Waals surface area contributed by atoms with Gasteiger partial charge in [0.05, 0.1) is 18.9 Å². The first-order valence-corrected chi connectivity index (χ1v) is 5.29. The lowest BCUT2D eigenvalue weighted by Gasteiger charge is -2.36. The molecular formula is C11H14O4. The van der Waals surface area contributed by atoms with E-state index in [1.54, 1.807) is 0 Å². The molecule has 2 aliphatic carbocycles. The minimum atomic E-state index is -0.522. The van der Waals surface area contributed by atoms with Crippen LogP contribution in [0.2, 0.25) is 0 Å². The number of esters is 1. The van der Waals surface area contributed by atoms with Gasteiger partial charge in [-0.25, -0.2) is 0 Å². The van der Waals surface area contributed by atoms with Crippen LogP contribution < -0.4 is 0 Å². The maximum atomic E-state index is 11.8. The van der Waals surface area contributed by atoms with Gasteiger partial charge in [0.15, 0.2) is 0 Å². The summed E-state index contributed by atoms with van der Waals surface area (Å²) in [4.78, 5) is 34.9. The van der Waals surface area contributed by atoms with Crippen LogP contribution in [0.5, 0.6) is 0 Å². The van der Waals surface area contributed by atoms with E-state index in [1.807, 2.05) is 0 Å². The van der Waals surface area contributed by atoms with E-state index < -0.39 is 17.8 Å². The van der Waals surface area contributed by atoms with Crippen molar-refractivity contribution in [2.24, 2.45) is 17.8 Å². The number of ketones is 2. The fourth-order valence-corrected chi connectivity index (χ4v) is 2.70. The molecule has 2 aliphatic rings. The van der Waals surface area contributed by atoms with Gasteiger partial charge in [-0.3, -0.25) is 14.4 Å². The fraction of sp³-hybridized carbons (Fsp3) is 0.727. The highest BCUT2D eigenvalue weighted by atomic mass is 16.5. The molecule has 0 unspecified atom stereocenters. The van der Waals surface area contributed by atoms with Gasteiger partial charge in [-0.2, -0.15) is 0 Å². The lowest BCUT2D eigenvalue weighted by Crippen LogP contribution is -2.46. The van der Waals surface area contributed by atoms with Crippen molar-refractivity contribution in [2.45, 2.75) is 25.7 Å². The molecule has 2 rings (SSSR count). The molecule has 0 saturated heterocycles. The molecule has 0 heterocycles. The standard InChI is InChI=1S/C11H14O4/c1-15-11(14)8-5-9(12)7-4-2-3-6(8)10(7)13/h6-8H,2-5H2,1H3/t6-,7+,8-/m0/s1. The molecule has 0 spiro atoms. The Morgan fingerprint density at radius 3 is 2.73 bits per heavy atom. The molecule has 82 valence electrons. The van der Waals surface area contributed by atoms with Crippen LogP contribution in [0.3, 0.4) is 0 Å². The van der Waals surface area contributed by atoms with Crippen LogP contribution in [0.15, 0.2) is 0 Å². The first-order valence-electron chi connectivity index (χ1n) is 5.29. The van der Waals surface area contributed by atoms with Crippen LogP contribution in [0, 0.1) is 17.8 Å². The van der Waals surface area contributed by atoms with Gasteiger partial charge in [0, 0.05) is 12.3 Å². The largest absolute Gasteiger partial charge is 0.469 e. The predicted octanol–water partition coefficient (Wildman–Crippen LogP) is 0.734. The Hall–Kier alpha value is -1.19. The summed E-state index contributed by atoms with van der Waals surface area (Å²) in [6.45, 7) is 0. The van der Waals surface area contributed by atoms with E-state index in [0.29, 0.717) is 6.42 Å². The molecule has 2 saturated carbocycles. The summed E-state index contributed by atoms with van der Waals surface area (Å²) in [5, 5.41) is 0. The zero-order chi connectivity index (χ0) is 11.0. The Kier molecular flexibility index (Phi) is 2.59. The maximum absolute atomic E-state index is 11.8. The van der Waals surface area contributed by atoms with E-state index in [0.717, 1.165) is 12.8 Å². The molecule has 3 atom stereocenters. The number of ether oxygens (including phenoxy) is 1. The summed E-state index contributed by atoms with van der Waals surface area (Å²) in [6, 6.07) is 0. The van der Waals surface area contributed by atoms with E-state index in [2.05, 4.69) is 4.74 Å². The Bertz CT molecular complexity index is 321. The van der Waals surface area contributed by atoms with Crippen molar-refractivity contribution >= 4 is 17.5 Å². The number of hydrogen-bond acceptors (Lipinski definition) is 4. The van der Waals surface area contributed by atoms with E-state index in [-0.39, 0.29) is 23.9 Å². The first kappa shape index (κ1) is 10.3. The van der Waals surface area contributed by atoms with Crippen LogP contribution in [0.25, 0.3) is 0 Å². The zero-order valence-electron chi connectivity index (χ0n) is 8.69. The summed E-state index contributed by atoms with van der Waals surface area (Å²) in [5.74, 6) is -1.74. The van der Waals surface area contributed by atoms with Crippen molar-refractivity contribution < 1.29 is 19.1 Å². The summed E-state index contributed by atoms with van der Waals surface area (Å²) in [7, 11) is 1.30. The summed E-state index contributed by atoms with van der Waals surface area (Å²) >= 11 is 0. The Morgan fingerprint density at radius 2 is 2.07 bits per heavy atom. The molecule has 0 aromatic carbocycles. The zero-order valence-corrected chi connectivity index (χ0v) is 8.69. The summed E-state index contributed by atoms with van der Waals surface area (Å²) in [5.41, 5.74) is 0. The molecule has 0 amide bonds. The van der Waals surface area contributed by atoms with Gasteiger partial charge < -0.3 is 4.74 Å². The number of methoxy groups -OCH3 is 1. The molecule has 4 nitrogen and oxygen atoms in total. The van der Waals surface area contributed by atoms with Crippen molar-refractivity contribution in [3.05, 3.63) is 0 Å². The van der Waals surface area contributed by atoms with Crippen LogP contribution in [-0.4, -0.2) is 24.6 Å². The molecule has 2 bridgehead atoms. The summed E-state index contributed by atoms with van der Waals surface area (Å²) < 4.78 is 4.63. The smallest absolute Gasteiger partial charge is 0.309 e. The topological polar surface area (TPSA) is 60.4 Å². The molecule has 2 fully saturated rings. The van der Waals surface area contributed by atoms with Crippen LogP contribution in [-0.2, 0) is 19.1 Å². The molecular weight excluding hydrogens is 196 g/mol. The first-order chi connectivity index (χ1) is 7.15. The van der Waals surface area contributed by atoms with Crippen LogP contribution in [0.4, 0.5) is 0 Å². The van der Waals surface area contributed by atoms with Crippen molar-refractivity contribution in [3.63, 3.8) is 0 Å². The van der Waals surface area contributed by atoms with Crippen molar-refractivity contribution in [2.75, 3.05) is 7.11 Å². The average Bonchev–Trinajstić information content (AvgIpc) is 2.22. The molecule has 0 aromatic rings. The van der Waals surface area contributed by atoms with Crippen molar-refractivity contribution in [3.8, 4) is 0 Å². The minimum absolute atomic E-state index is 0.0344. The molecule has 15 heavy (non-hydrogen) atoms. The highest BCUT2D eigenvalue weighted by molar-refractivity contribution is 6.08. The lowest BCUT2D eigenvalue weighted by molar-refractivity contribution is -0.159. The SMILES string of the molecule is COC(=O)[C@H]1CC(=O)[C@H]2CCC[C@@H]1C2=O. The van der Waals surface area contributed by atoms with E-state index in [4.69, 9.17) is 0 Å². The predicted molar refractivity (Wildman–Crippen MR) is 51.0 cm³/mol. The number of carbonyl (C=O) groups excluding carboxylic acids is 3. The normalized spacial score (nSPS) is 35.1. The van der Waals surface area contributed by atoms with E-state index >= 15 is 0 Å². The average molecular weight is 210 g/mol. The monoisotopic (exact) mass is 210 g/mol. The minimum Gasteiger partial charge on any atom is -0.469 e. The fourth-order valence-electron chi connectivity index (χ4n) is 2.70. The van der Waals surface area contributed by atoms with Gasteiger partial charge in [-0.15, -0.1) is 0 Å². The van der Waals surface area contributed by atoms with Crippen LogP contribution >= 0.6 is 0 Å². The quantitative estimate of drug-likeness (QED) is 0.473. The van der Waals surface area contributed by atoms with Gasteiger partial charge in [-0.05, 0) is 12.8 Å². The second kappa shape index (κ2) is 3.76. The maximum Gasteiger partial charge on any atom is 0.309 e. The molecule has 4 heteroatoms. The van der Waals surface area contributed by atoms with Crippen molar-refractivity contribution in [1.82, 2.24) is 0 Å². The second-order valence-corrected chi connectivity index (χ2v) is 4.29. The molecule has 0 aromatic heterocycles. The van der Waals surface area contributed by atoms with Gasteiger partial charge in [0.2, 0.25) is 0 Å². The molecule has 0 aliphatic heterocycles. The third kappa shape index (κ3) is 1.58. The van der Waals surface area contributed by atoms with Crippen molar-refractivity contribution in [1.29, 1.82) is 0 Å². The van der Waals surface area contributed by atoms with Crippen LogP contribution in [0.1, 0.15) is 25.7 Å². The van der Waals surface area contributed by atoms with E-state index in [9.17, 15) is 14.4 Å². The number of fused-ring (bicyclic) bond motifs is 2. The number of Topliss-reactive ketones (excluding diaryl/α,β-unsaturated/α-hetero) is 2. The molecule has 0 N–H and O–H groups in total. The van der Waals surface area contributed by atoms with Gasteiger partial charge in [0.1, 0.15) is 11.6 Å². The lowest BCUT2D eigenvalue weighted by atomic mass is 9.65. The second-order valence-electron chi connectivity index (χ2n) is 4.29. The number of rotatable bonds is 1. The van der Waals surface area contributed by atoms with Gasteiger partial charge in [-0.1, -0.05) is 6.42 Å². The van der Waals surface area contributed by atoms with Gasteiger partial charge in [0.25, 0.3) is 0 Å².